The lowest BCUT2D eigenvalue weighted by Gasteiger charge is -2.32. The summed E-state index contributed by atoms with van der Waals surface area (Å²) < 4.78 is 18.5. The van der Waals surface area contributed by atoms with E-state index in [0.29, 0.717) is 5.92 Å². The molecule has 6 nitrogen and oxygen atoms in total. The van der Waals surface area contributed by atoms with Crippen molar-refractivity contribution >= 4 is 5.82 Å². The Morgan fingerprint density at radius 1 is 1.04 bits per heavy atom. The van der Waals surface area contributed by atoms with Gasteiger partial charge in [0.1, 0.15) is 17.7 Å². The van der Waals surface area contributed by atoms with E-state index in [-0.39, 0.29) is 12.1 Å². The van der Waals surface area contributed by atoms with Gasteiger partial charge in [-0.25, -0.2) is 24.3 Å². The fraction of sp³-hybridized carbons (Fsp3) is 0.500. The minimum absolute atomic E-state index is 0.0569. The molecule has 23 heavy (non-hydrogen) atoms. The second-order valence-corrected chi connectivity index (χ2v) is 6.04. The molecule has 1 saturated heterocycles. The Hall–Kier alpha value is -2.31. The van der Waals surface area contributed by atoms with E-state index in [9.17, 15) is 4.39 Å². The predicted molar refractivity (Wildman–Crippen MR) is 81.9 cm³/mol. The van der Waals surface area contributed by atoms with Crippen molar-refractivity contribution in [1.29, 1.82) is 0 Å². The molecule has 120 valence electrons. The molecule has 0 amide bonds. The zero-order valence-electron chi connectivity index (χ0n) is 12.7. The average molecular weight is 315 g/mol. The molecule has 0 atom stereocenters. The van der Waals surface area contributed by atoms with Crippen LogP contribution in [0.1, 0.15) is 37.4 Å². The van der Waals surface area contributed by atoms with E-state index < -0.39 is 5.82 Å². The van der Waals surface area contributed by atoms with E-state index in [2.05, 4.69) is 24.8 Å². The maximum absolute atomic E-state index is 12.8. The maximum atomic E-state index is 12.8. The third-order valence-electron chi connectivity index (χ3n) is 4.24. The SMILES string of the molecule is Fc1cnc(OC2CCN(c3ccnc(C4CC4)n3)CC2)nc1. The van der Waals surface area contributed by atoms with Crippen molar-refractivity contribution in [2.24, 2.45) is 0 Å². The lowest BCUT2D eigenvalue weighted by molar-refractivity contribution is 0.155. The molecule has 0 aromatic carbocycles. The first-order valence-corrected chi connectivity index (χ1v) is 8.00. The number of piperidine rings is 1. The van der Waals surface area contributed by atoms with E-state index in [1.54, 1.807) is 0 Å². The Bertz CT molecular complexity index is 668. The zero-order valence-corrected chi connectivity index (χ0v) is 12.7. The van der Waals surface area contributed by atoms with Crippen LogP contribution in [-0.2, 0) is 0 Å². The zero-order chi connectivity index (χ0) is 15.6. The number of halogens is 1. The van der Waals surface area contributed by atoms with Gasteiger partial charge in [-0.2, -0.15) is 0 Å². The van der Waals surface area contributed by atoms with Crippen LogP contribution in [-0.4, -0.2) is 39.1 Å². The number of ether oxygens (including phenoxy) is 1. The number of anilines is 1. The first-order valence-electron chi connectivity index (χ1n) is 8.00. The first-order chi connectivity index (χ1) is 11.3. The minimum Gasteiger partial charge on any atom is -0.460 e. The summed E-state index contributed by atoms with van der Waals surface area (Å²) in [5.41, 5.74) is 0. The highest BCUT2D eigenvalue weighted by atomic mass is 19.1. The van der Waals surface area contributed by atoms with Crippen molar-refractivity contribution in [3.8, 4) is 6.01 Å². The average Bonchev–Trinajstić information content (AvgIpc) is 3.43. The molecule has 7 heteroatoms. The molecule has 0 spiro atoms. The van der Waals surface area contributed by atoms with Gasteiger partial charge in [0.15, 0.2) is 5.82 Å². The number of hydrogen-bond acceptors (Lipinski definition) is 6. The third kappa shape index (κ3) is 3.38. The van der Waals surface area contributed by atoms with Gasteiger partial charge in [0.05, 0.1) is 12.4 Å². The first kappa shape index (κ1) is 14.3. The lowest BCUT2D eigenvalue weighted by Crippen LogP contribution is -2.39. The highest BCUT2D eigenvalue weighted by Gasteiger charge is 2.28. The molecule has 4 rings (SSSR count). The Kier molecular flexibility index (Phi) is 3.77. The normalized spacial score (nSPS) is 18.9. The van der Waals surface area contributed by atoms with Gasteiger partial charge in [-0.3, -0.25) is 0 Å². The van der Waals surface area contributed by atoms with Gasteiger partial charge in [0, 0.05) is 38.0 Å². The molecule has 2 aliphatic rings. The van der Waals surface area contributed by atoms with Crippen LogP contribution in [0.2, 0.25) is 0 Å². The molecule has 0 radical (unpaired) electrons. The molecule has 1 saturated carbocycles. The molecular weight excluding hydrogens is 297 g/mol. The van der Waals surface area contributed by atoms with Crippen molar-refractivity contribution in [2.45, 2.75) is 37.7 Å². The number of nitrogens with zero attached hydrogens (tertiary/aromatic N) is 5. The van der Waals surface area contributed by atoms with Gasteiger partial charge >= 0.3 is 6.01 Å². The fourth-order valence-corrected chi connectivity index (χ4v) is 2.79. The number of hydrogen-bond donors (Lipinski definition) is 0. The van der Waals surface area contributed by atoms with Crippen LogP contribution in [0.5, 0.6) is 6.01 Å². The summed E-state index contributed by atoms with van der Waals surface area (Å²) in [4.78, 5) is 19.0. The van der Waals surface area contributed by atoms with E-state index in [4.69, 9.17) is 4.74 Å². The van der Waals surface area contributed by atoms with Crippen molar-refractivity contribution < 1.29 is 9.13 Å². The molecule has 0 unspecified atom stereocenters. The van der Waals surface area contributed by atoms with Crippen LogP contribution in [0.25, 0.3) is 0 Å². The summed E-state index contributed by atoms with van der Waals surface area (Å²) in [6, 6.07) is 2.21. The summed E-state index contributed by atoms with van der Waals surface area (Å²) in [6.45, 7) is 1.74. The number of aromatic nitrogens is 4. The molecule has 2 aromatic heterocycles. The van der Waals surface area contributed by atoms with Gasteiger partial charge < -0.3 is 9.64 Å². The van der Waals surface area contributed by atoms with Gasteiger partial charge in [-0.1, -0.05) is 0 Å². The summed E-state index contributed by atoms with van der Waals surface area (Å²) in [5, 5.41) is 0. The number of rotatable bonds is 4. The van der Waals surface area contributed by atoms with Crippen LogP contribution >= 0.6 is 0 Å². The molecule has 2 aromatic rings. The third-order valence-corrected chi connectivity index (χ3v) is 4.24. The van der Waals surface area contributed by atoms with Crippen LogP contribution in [0.4, 0.5) is 10.2 Å². The van der Waals surface area contributed by atoms with Crippen molar-refractivity contribution in [2.75, 3.05) is 18.0 Å². The maximum Gasteiger partial charge on any atom is 0.316 e. The topological polar surface area (TPSA) is 64.0 Å². The molecule has 1 aliphatic carbocycles. The van der Waals surface area contributed by atoms with Gasteiger partial charge in [-0.05, 0) is 18.9 Å². The van der Waals surface area contributed by atoms with E-state index in [0.717, 1.165) is 50.0 Å². The largest absolute Gasteiger partial charge is 0.460 e. The van der Waals surface area contributed by atoms with Crippen LogP contribution < -0.4 is 9.64 Å². The van der Waals surface area contributed by atoms with Crippen LogP contribution in [0, 0.1) is 5.82 Å². The Morgan fingerprint density at radius 2 is 1.78 bits per heavy atom. The monoisotopic (exact) mass is 315 g/mol. The van der Waals surface area contributed by atoms with Gasteiger partial charge in [-0.15, -0.1) is 0 Å². The molecule has 2 fully saturated rings. The van der Waals surface area contributed by atoms with Gasteiger partial charge in [0.2, 0.25) is 0 Å². The van der Waals surface area contributed by atoms with Crippen molar-refractivity contribution in [1.82, 2.24) is 19.9 Å². The summed E-state index contributed by atoms with van der Waals surface area (Å²) in [7, 11) is 0. The lowest BCUT2D eigenvalue weighted by atomic mass is 10.1. The van der Waals surface area contributed by atoms with Crippen molar-refractivity contribution in [3.63, 3.8) is 0 Å². The van der Waals surface area contributed by atoms with Crippen LogP contribution in [0.3, 0.4) is 0 Å². The molecule has 0 bridgehead atoms. The molecular formula is C16H18FN5O. The minimum atomic E-state index is -0.456. The highest BCUT2D eigenvalue weighted by Crippen LogP contribution is 2.38. The van der Waals surface area contributed by atoms with E-state index >= 15 is 0 Å². The smallest absolute Gasteiger partial charge is 0.316 e. The Morgan fingerprint density at radius 3 is 2.48 bits per heavy atom. The van der Waals surface area contributed by atoms with E-state index in [1.165, 1.54) is 12.8 Å². The Labute approximate surface area is 133 Å². The van der Waals surface area contributed by atoms with E-state index in [1.807, 2.05) is 12.3 Å². The fourth-order valence-electron chi connectivity index (χ4n) is 2.79. The van der Waals surface area contributed by atoms with Gasteiger partial charge in [0.25, 0.3) is 0 Å². The van der Waals surface area contributed by atoms with Crippen molar-refractivity contribution in [3.05, 3.63) is 36.3 Å². The second-order valence-electron chi connectivity index (χ2n) is 6.04. The summed E-state index contributed by atoms with van der Waals surface area (Å²) >= 11 is 0. The molecule has 3 heterocycles. The summed E-state index contributed by atoms with van der Waals surface area (Å²) in [5.74, 6) is 2.08. The second kappa shape index (κ2) is 6.06. The predicted octanol–water partition coefficient (Wildman–Crippen LogP) is 2.33. The Balaban J connectivity index is 1.35. The standard InChI is InChI=1S/C16H18FN5O/c17-12-9-19-16(20-10-12)23-13-4-7-22(8-5-13)14-3-6-18-15(21-14)11-1-2-11/h3,6,9-11,13H,1-2,4-5,7-8H2. The molecule has 1 aliphatic heterocycles. The molecule has 0 N–H and O–H groups in total. The summed E-state index contributed by atoms with van der Waals surface area (Å²) in [6.07, 6.45) is 8.29. The quantitative estimate of drug-likeness (QED) is 0.863. The van der Waals surface area contributed by atoms with Crippen LogP contribution in [0.15, 0.2) is 24.7 Å². The highest BCUT2D eigenvalue weighted by molar-refractivity contribution is 5.38.